The van der Waals surface area contributed by atoms with Crippen LogP contribution in [0, 0.1) is 5.92 Å². The molecule has 1 fully saturated rings. The Morgan fingerprint density at radius 3 is 2.88 bits per heavy atom. The van der Waals surface area contributed by atoms with Crippen LogP contribution in [0.4, 0.5) is 0 Å². The van der Waals surface area contributed by atoms with Crippen LogP contribution in [-0.2, 0) is 0 Å². The number of ether oxygens (including phenoxy) is 1. The van der Waals surface area contributed by atoms with E-state index in [4.69, 9.17) is 4.74 Å². The second-order valence-corrected chi connectivity index (χ2v) is 4.47. The molecule has 0 saturated heterocycles. The van der Waals surface area contributed by atoms with Crippen molar-refractivity contribution in [1.82, 2.24) is 4.98 Å². The highest BCUT2D eigenvalue weighted by Gasteiger charge is 2.21. The van der Waals surface area contributed by atoms with E-state index in [1.165, 1.54) is 19.3 Å². The lowest BCUT2D eigenvalue weighted by molar-refractivity contribution is 0.0412. The van der Waals surface area contributed by atoms with Crippen molar-refractivity contribution in [3.8, 4) is 5.75 Å². The van der Waals surface area contributed by atoms with Crippen LogP contribution in [0.25, 0.3) is 0 Å². The van der Waals surface area contributed by atoms with Crippen LogP contribution >= 0.6 is 0 Å². The summed E-state index contributed by atoms with van der Waals surface area (Å²) in [5.74, 6) is 1.16. The molecule has 3 heteroatoms. The highest BCUT2D eigenvalue weighted by molar-refractivity contribution is 5.15. The molecule has 0 amide bonds. The summed E-state index contributed by atoms with van der Waals surface area (Å²) < 4.78 is 5.51. The first-order valence-electron chi connectivity index (χ1n) is 6.07. The number of pyridine rings is 1. The Balaban J connectivity index is 1.76. The van der Waals surface area contributed by atoms with Crippen LogP contribution in [-0.4, -0.2) is 22.8 Å². The molecule has 0 bridgehead atoms. The minimum Gasteiger partial charge on any atom is -0.489 e. The van der Waals surface area contributed by atoms with Gasteiger partial charge in [0.05, 0.1) is 12.3 Å². The van der Waals surface area contributed by atoms with Crippen molar-refractivity contribution in [2.45, 2.75) is 38.2 Å². The summed E-state index contributed by atoms with van der Waals surface area (Å²) in [5, 5.41) is 9.99. The van der Waals surface area contributed by atoms with E-state index < -0.39 is 0 Å². The molecule has 1 N–H and O–H groups in total. The van der Waals surface area contributed by atoms with E-state index in [0.717, 1.165) is 18.6 Å². The summed E-state index contributed by atoms with van der Waals surface area (Å²) in [6.07, 6.45) is 9.13. The molecule has 1 saturated carbocycles. The van der Waals surface area contributed by atoms with Gasteiger partial charge in [-0.25, -0.2) is 0 Å². The fraction of sp³-hybridized carbons (Fsp3) is 0.615. The van der Waals surface area contributed by atoms with Gasteiger partial charge in [0.25, 0.3) is 0 Å². The van der Waals surface area contributed by atoms with Gasteiger partial charge in [-0.3, -0.25) is 4.98 Å². The maximum Gasteiger partial charge on any atom is 0.137 e. The number of hydrogen-bond donors (Lipinski definition) is 1. The summed E-state index contributed by atoms with van der Waals surface area (Å²) in [4.78, 5) is 3.97. The van der Waals surface area contributed by atoms with Crippen LogP contribution in [0.15, 0.2) is 24.5 Å². The second-order valence-electron chi connectivity index (χ2n) is 4.47. The molecule has 0 radical (unpaired) electrons. The number of aliphatic hydroxyl groups excluding tert-OH is 1. The van der Waals surface area contributed by atoms with E-state index in [0.29, 0.717) is 12.5 Å². The predicted molar refractivity (Wildman–Crippen MR) is 62.3 cm³/mol. The van der Waals surface area contributed by atoms with Gasteiger partial charge in [0.15, 0.2) is 0 Å². The van der Waals surface area contributed by atoms with Gasteiger partial charge in [0, 0.05) is 6.20 Å². The van der Waals surface area contributed by atoms with Gasteiger partial charge >= 0.3 is 0 Å². The predicted octanol–water partition coefficient (Wildman–Crippen LogP) is 2.40. The Morgan fingerprint density at radius 2 is 2.19 bits per heavy atom. The van der Waals surface area contributed by atoms with Crippen molar-refractivity contribution in [2.24, 2.45) is 5.92 Å². The molecule has 1 unspecified atom stereocenters. The number of aliphatic hydroxyl groups is 1. The monoisotopic (exact) mass is 221 g/mol. The quantitative estimate of drug-likeness (QED) is 0.849. The largest absolute Gasteiger partial charge is 0.489 e. The zero-order valence-corrected chi connectivity index (χ0v) is 9.51. The second kappa shape index (κ2) is 5.85. The summed E-state index contributed by atoms with van der Waals surface area (Å²) >= 11 is 0. The zero-order valence-electron chi connectivity index (χ0n) is 9.51. The van der Waals surface area contributed by atoms with E-state index in [1.54, 1.807) is 12.4 Å². The van der Waals surface area contributed by atoms with Gasteiger partial charge in [0.2, 0.25) is 0 Å². The van der Waals surface area contributed by atoms with Crippen molar-refractivity contribution >= 4 is 0 Å². The lowest BCUT2D eigenvalue weighted by Gasteiger charge is -2.26. The normalized spacial score (nSPS) is 19.3. The summed E-state index contributed by atoms with van der Waals surface area (Å²) in [5.41, 5.74) is 0. The molecule has 3 nitrogen and oxygen atoms in total. The molecule has 1 aromatic heterocycles. The number of aromatic nitrogens is 1. The first kappa shape index (κ1) is 11.4. The minimum atomic E-state index is -0.333. The zero-order chi connectivity index (χ0) is 11.2. The van der Waals surface area contributed by atoms with E-state index in [-0.39, 0.29) is 6.10 Å². The van der Waals surface area contributed by atoms with Crippen molar-refractivity contribution in [2.75, 3.05) is 6.61 Å². The average Bonchev–Trinajstić information content (AvgIpc) is 2.38. The molecule has 1 aliphatic rings. The highest BCUT2D eigenvalue weighted by atomic mass is 16.5. The molecule has 16 heavy (non-hydrogen) atoms. The Morgan fingerprint density at radius 1 is 1.38 bits per heavy atom. The molecule has 0 aromatic carbocycles. The fourth-order valence-electron chi connectivity index (χ4n) is 2.27. The van der Waals surface area contributed by atoms with Crippen molar-refractivity contribution in [3.05, 3.63) is 24.5 Å². The standard InChI is InChI=1S/C13H19NO2/c15-13(11-5-2-1-3-6-11)10-16-12-7-4-8-14-9-12/h4,7-9,11,13,15H,1-3,5-6,10H2. The van der Waals surface area contributed by atoms with Crippen molar-refractivity contribution in [1.29, 1.82) is 0 Å². The summed E-state index contributed by atoms with van der Waals surface area (Å²) in [7, 11) is 0. The first-order chi connectivity index (χ1) is 7.86. The van der Waals surface area contributed by atoms with Gasteiger partial charge in [0.1, 0.15) is 12.4 Å². The summed E-state index contributed by atoms with van der Waals surface area (Å²) in [6.45, 7) is 0.385. The maximum absolute atomic E-state index is 9.99. The molecule has 0 aliphatic heterocycles. The van der Waals surface area contributed by atoms with E-state index >= 15 is 0 Å². The number of rotatable bonds is 4. The van der Waals surface area contributed by atoms with Crippen molar-refractivity contribution < 1.29 is 9.84 Å². The van der Waals surface area contributed by atoms with Crippen LogP contribution in [0.1, 0.15) is 32.1 Å². The third-order valence-electron chi connectivity index (χ3n) is 3.25. The van der Waals surface area contributed by atoms with E-state index in [9.17, 15) is 5.11 Å². The first-order valence-corrected chi connectivity index (χ1v) is 6.07. The smallest absolute Gasteiger partial charge is 0.137 e. The molecule has 1 heterocycles. The van der Waals surface area contributed by atoms with Crippen LogP contribution < -0.4 is 4.74 Å². The van der Waals surface area contributed by atoms with E-state index in [1.807, 2.05) is 12.1 Å². The van der Waals surface area contributed by atoms with Crippen LogP contribution in [0.3, 0.4) is 0 Å². The lowest BCUT2D eigenvalue weighted by Crippen LogP contribution is -2.28. The summed E-state index contributed by atoms with van der Waals surface area (Å²) in [6, 6.07) is 3.70. The third kappa shape index (κ3) is 3.20. The molecule has 1 aliphatic carbocycles. The molecule has 1 aromatic rings. The molecular weight excluding hydrogens is 202 g/mol. The van der Waals surface area contributed by atoms with Gasteiger partial charge in [-0.2, -0.15) is 0 Å². The third-order valence-corrected chi connectivity index (χ3v) is 3.25. The average molecular weight is 221 g/mol. The van der Waals surface area contributed by atoms with Crippen molar-refractivity contribution in [3.63, 3.8) is 0 Å². The van der Waals surface area contributed by atoms with Gasteiger partial charge in [-0.05, 0) is 30.9 Å². The lowest BCUT2D eigenvalue weighted by atomic mass is 9.85. The Labute approximate surface area is 96.5 Å². The maximum atomic E-state index is 9.99. The van der Waals surface area contributed by atoms with Crippen LogP contribution in [0.5, 0.6) is 5.75 Å². The minimum absolute atomic E-state index is 0.333. The Hall–Kier alpha value is -1.09. The van der Waals surface area contributed by atoms with Gasteiger partial charge in [-0.1, -0.05) is 19.3 Å². The molecule has 1 atom stereocenters. The molecule has 2 rings (SSSR count). The molecule has 0 spiro atoms. The fourth-order valence-corrected chi connectivity index (χ4v) is 2.27. The van der Waals surface area contributed by atoms with Crippen LogP contribution in [0.2, 0.25) is 0 Å². The van der Waals surface area contributed by atoms with Gasteiger partial charge in [-0.15, -0.1) is 0 Å². The molecular formula is C13H19NO2. The number of hydrogen-bond acceptors (Lipinski definition) is 3. The Kier molecular flexibility index (Phi) is 4.17. The highest BCUT2D eigenvalue weighted by Crippen LogP contribution is 2.26. The number of nitrogens with zero attached hydrogens (tertiary/aromatic N) is 1. The van der Waals surface area contributed by atoms with Gasteiger partial charge < -0.3 is 9.84 Å². The Bertz CT molecular complexity index is 296. The molecule has 88 valence electrons. The van der Waals surface area contributed by atoms with E-state index in [2.05, 4.69) is 4.98 Å². The topological polar surface area (TPSA) is 42.4 Å². The SMILES string of the molecule is OC(COc1cccnc1)C1CCCCC1.